The number of aryl methyl sites for hydroxylation is 1. The van der Waals surface area contributed by atoms with E-state index in [1.165, 1.54) is 30.1 Å². The smallest absolute Gasteiger partial charge is 0.435 e. The summed E-state index contributed by atoms with van der Waals surface area (Å²) in [6.07, 6.45) is -0.942. The average Bonchev–Trinajstić information content (AvgIpc) is 3.28. The molecule has 1 aromatic carbocycles. The number of aldehydes is 1. The van der Waals surface area contributed by atoms with Crippen molar-refractivity contribution in [3.63, 3.8) is 0 Å². The van der Waals surface area contributed by atoms with Crippen LogP contribution in [0.3, 0.4) is 0 Å². The summed E-state index contributed by atoms with van der Waals surface area (Å²) in [5.74, 6) is 0.222. The molecular weight excluding hydrogens is 449 g/mol. The fraction of sp³-hybridized carbons (Fsp3) is 0.333. The molecule has 3 heterocycles. The molecule has 34 heavy (non-hydrogen) atoms. The average molecular weight is 472 g/mol. The maximum Gasteiger partial charge on any atom is 0.435 e. The zero-order chi connectivity index (χ0) is 24.6. The van der Waals surface area contributed by atoms with Crippen molar-refractivity contribution in [3.8, 4) is 16.9 Å². The van der Waals surface area contributed by atoms with Gasteiger partial charge in [0.15, 0.2) is 5.69 Å². The van der Waals surface area contributed by atoms with Crippen LogP contribution in [0, 0.1) is 0 Å². The fourth-order valence-corrected chi connectivity index (χ4v) is 4.25. The zero-order valence-electron chi connectivity index (χ0n) is 18.9. The van der Waals surface area contributed by atoms with Gasteiger partial charge in [0.1, 0.15) is 12.0 Å². The molecule has 1 aliphatic rings. The first-order valence-corrected chi connectivity index (χ1v) is 10.8. The van der Waals surface area contributed by atoms with Crippen molar-refractivity contribution < 1.29 is 27.5 Å². The Bertz CT molecular complexity index is 1250. The highest BCUT2D eigenvalue weighted by Gasteiger charge is 2.39. The van der Waals surface area contributed by atoms with Crippen LogP contribution in [-0.2, 0) is 19.1 Å². The lowest BCUT2D eigenvalue weighted by Gasteiger charge is -2.34. The SMILES string of the molecule is CCn1cc(-c2cc(C=O)cc3c2CCN([C@@H](C)c2cc(OC)ccn2)C3=O)c(C(F)(F)F)n1. The van der Waals surface area contributed by atoms with Crippen LogP contribution in [0.25, 0.3) is 11.1 Å². The molecule has 2 aromatic heterocycles. The van der Waals surface area contributed by atoms with Gasteiger partial charge in [-0.15, -0.1) is 0 Å². The molecule has 1 atom stereocenters. The number of hydrogen-bond acceptors (Lipinski definition) is 5. The Hall–Kier alpha value is -3.69. The summed E-state index contributed by atoms with van der Waals surface area (Å²) in [6, 6.07) is 5.85. The van der Waals surface area contributed by atoms with E-state index in [1.807, 2.05) is 6.92 Å². The number of fused-ring (bicyclic) bond motifs is 1. The van der Waals surface area contributed by atoms with Crippen molar-refractivity contribution in [1.29, 1.82) is 0 Å². The van der Waals surface area contributed by atoms with Crippen molar-refractivity contribution in [1.82, 2.24) is 19.7 Å². The van der Waals surface area contributed by atoms with Gasteiger partial charge in [0.25, 0.3) is 5.91 Å². The summed E-state index contributed by atoms with van der Waals surface area (Å²) in [4.78, 5) is 31.1. The number of hydrogen-bond donors (Lipinski definition) is 0. The number of alkyl halides is 3. The van der Waals surface area contributed by atoms with E-state index in [9.17, 15) is 22.8 Å². The fourth-order valence-electron chi connectivity index (χ4n) is 4.25. The number of pyridine rings is 1. The summed E-state index contributed by atoms with van der Waals surface area (Å²) >= 11 is 0. The number of benzene rings is 1. The maximum atomic E-state index is 13.8. The van der Waals surface area contributed by atoms with Crippen LogP contribution in [0.5, 0.6) is 5.75 Å². The van der Waals surface area contributed by atoms with E-state index >= 15 is 0 Å². The first kappa shape index (κ1) is 23.5. The molecule has 7 nitrogen and oxygen atoms in total. The lowest BCUT2D eigenvalue weighted by molar-refractivity contribution is -0.141. The molecule has 0 radical (unpaired) electrons. The van der Waals surface area contributed by atoms with Crippen LogP contribution in [-0.4, -0.2) is 45.5 Å². The van der Waals surface area contributed by atoms with Gasteiger partial charge in [-0.1, -0.05) is 0 Å². The third-order valence-corrected chi connectivity index (χ3v) is 6.03. The molecule has 0 unspecified atom stereocenters. The van der Waals surface area contributed by atoms with Crippen LogP contribution in [0.15, 0.2) is 36.7 Å². The quantitative estimate of drug-likeness (QED) is 0.492. The van der Waals surface area contributed by atoms with Crippen molar-refractivity contribution >= 4 is 12.2 Å². The number of nitrogens with zero attached hydrogens (tertiary/aromatic N) is 4. The van der Waals surface area contributed by atoms with E-state index in [1.54, 1.807) is 30.2 Å². The molecule has 0 fully saturated rings. The van der Waals surface area contributed by atoms with E-state index in [4.69, 9.17) is 4.74 Å². The van der Waals surface area contributed by atoms with E-state index in [0.717, 1.165) is 0 Å². The standard InChI is InChI=1S/C24H23F3N4O3/c1-4-30-12-20(22(29-30)24(25,26)27)18-9-15(13-32)10-19-17(18)6-8-31(23(19)33)14(2)21-11-16(34-3)5-7-28-21/h5,7,9-14H,4,6,8H2,1-3H3/t14-/m0/s1. The monoisotopic (exact) mass is 472 g/mol. The number of aromatic nitrogens is 3. The van der Waals surface area contributed by atoms with Gasteiger partial charge < -0.3 is 9.64 Å². The van der Waals surface area contributed by atoms with Gasteiger partial charge >= 0.3 is 6.18 Å². The Morgan fingerprint density at radius 1 is 1.21 bits per heavy atom. The number of halogens is 3. The first-order valence-electron chi connectivity index (χ1n) is 10.8. The van der Waals surface area contributed by atoms with Gasteiger partial charge in [0.05, 0.1) is 18.8 Å². The van der Waals surface area contributed by atoms with Gasteiger partial charge in [0, 0.05) is 48.2 Å². The number of ether oxygens (including phenoxy) is 1. The Morgan fingerprint density at radius 3 is 2.59 bits per heavy atom. The number of carbonyl (C=O) groups excluding carboxylic acids is 2. The molecule has 0 aliphatic carbocycles. The van der Waals surface area contributed by atoms with Crippen LogP contribution in [0.4, 0.5) is 13.2 Å². The highest BCUT2D eigenvalue weighted by atomic mass is 19.4. The second kappa shape index (κ2) is 8.92. The van der Waals surface area contributed by atoms with Crippen molar-refractivity contribution in [3.05, 3.63) is 64.7 Å². The van der Waals surface area contributed by atoms with Gasteiger partial charge in [0.2, 0.25) is 0 Å². The van der Waals surface area contributed by atoms with Gasteiger partial charge in [-0.25, -0.2) is 0 Å². The molecular formula is C24H23F3N4O3. The predicted molar refractivity (Wildman–Crippen MR) is 118 cm³/mol. The molecule has 0 bridgehead atoms. The van der Waals surface area contributed by atoms with Crippen LogP contribution >= 0.6 is 0 Å². The summed E-state index contributed by atoms with van der Waals surface area (Å²) in [5, 5.41) is 3.69. The predicted octanol–water partition coefficient (Wildman–Crippen LogP) is 4.56. The molecule has 0 spiro atoms. The third-order valence-electron chi connectivity index (χ3n) is 6.03. The zero-order valence-corrected chi connectivity index (χ0v) is 18.9. The highest BCUT2D eigenvalue weighted by molar-refractivity contribution is 6.01. The topological polar surface area (TPSA) is 77.3 Å². The Morgan fingerprint density at radius 2 is 1.94 bits per heavy atom. The van der Waals surface area contributed by atoms with Crippen LogP contribution < -0.4 is 4.74 Å². The number of rotatable bonds is 6. The lowest BCUT2D eigenvalue weighted by atomic mass is 9.88. The molecule has 0 N–H and O–H groups in total. The molecule has 1 aliphatic heterocycles. The van der Waals surface area contributed by atoms with Gasteiger partial charge in [-0.05, 0) is 49.6 Å². The number of amides is 1. The Kier molecular flexibility index (Phi) is 6.16. The molecule has 0 saturated carbocycles. The van der Waals surface area contributed by atoms with Crippen molar-refractivity contribution in [2.75, 3.05) is 13.7 Å². The Labute approximate surface area is 194 Å². The van der Waals surface area contributed by atoms with Crippen molar-refractivity contribution in [2.24, 2.45) is 0 Å². The second-order valence-corrected chi connectivity index (χ2v) is 8.00. The molecule has 10 heteroatoms. The van der Waals surface area contributed by atoms with Gasteiger partial charge in [-0.2, -0.15) is 18.3 Å². The lowest BCUT2D eigenvalue weighted by Crippen LogP contribution is -2.40. The summed E-state index contributed by atoms with van der Waals surface area (Å²) < 4.78 is 47.7. The van der Waals surface area contributed by atoms with Gasteiger partial charge in [-0.3, -0.25) is 19.3 Å². The largest absolute Gasteiger partial charge is 0.497 e. The number of carbonyl (C=O) groups is 2. The minimum Gasteiger partial charge on any atom is -0.497 e. The summed E-state index contributed by atoms with van der Waals surface area (Å²) in [5.41, 5.74) is 0.435. The summed E-state index contributed by atoms with van der Waals surface area (Å²) in [6.45, 7) is 4.03. The third kappa shape index (κ3) is 4.15. The minimum absolute atomic E-state index is 0.119. The number of methoxy groups -OCH3 is 1. The molecule has 4 rings (SSSR count). The molecule has 1 amide bonds. The van der Waals surface area contributed by atoms with E-state index in [0.29, 0.717) is 29.7 Å². The van der Waals surface area contributed by atoms with E-state index in [2.05, 4.69) is 10.1 Å². The van der Waals surface area contributed by atoms with Crippen LogP contribution in [0.1, 0.15) is 57.6 Å². The normalized spacial score (nSPS) is 14.6. The molecule has 0 saturated heterocycles. The molecule has 178 valence electrons. The van der Waals surface area contributed by atoms with E-state index < -0.39 is 17.9 Å². The minimum atomic E-state index is -4.68. The first-order chi connectivity index (χ1) is 16.2. The second-order valence-electron chi connectivity index (χ2n) is 8.00. The van der Waals surface area contributed by atoms with E-state index in [-0.39, 0.29) is 41.3 Å². The highest BCUT2D eigenvalue weighted by Crippen LogP contribution is 2.40. The maximum absolute atomic E-state index is 13.8. The van der Waals surface area contributed by atoms with Crippen LogP contribution in [0.2, 0.25) is 0 Å². The molecule has 3 aromatic rings. The Balaban J connectivity index is 1.81. The summed E-state index contributed by atoms with van der Waals surface area (Å²) in [7, 11) is 1.53. The van der Waals surface area contributed by atoms with Crippen molar-refractivity contribution in [2.45, 2.75) is 39.0 Å².